The molecule has 0 bridgehead atoms. The molecule has 2 aliphatic heterocycles. The van der Waals surface area contributed by atoms with E-state index < -0.39 is 0 Å². The predicted molar refractivity (Wildman–Crippen MR) is 71.5 cm³/mol. The maximum Gasteiger partial charge on any atom is 0.0470 e. The largest absolute Gasteiger partial charge is 0.380 e. The van der Waals surface area contributed by atoms with Crippen molar-refractivity contribution in [2.24, 2.45) is 0 Å². The maximum absolute atomic E-state index is 3.69. The highest BCUT2D eigenvalue weighted by Gasteiger charge is 2.33. The van der Waals surface area contributed by atoms with Gasteiger partial charge in [0.15, 0.2) is 0 Å². The quantitative estimate of drug-likeness (QED) is 0.785. The molecule has 2 atom stereocenters. The first-order valence-corrected chi connectivity index (χ1v) is 6.47. The van der Waals surface area contributed by atoms with Crippen LogP contribution in [0.2, 0.25) is 0 Å². The predicted octanol–water partition coefficient (Wildman–Crippen LogP) is 1.27. The number of hydrogen-bond acceptors (Lipinski definition) is 3. The molecule has 2 heterocycles. The van der Waals surface area contributed by atoms with Crippen molar-refractivity contribution in [3.8, 4) is 0 Å². The van der Waals surface area contributed by atoms with E-state index in [0.29, 0.717) is 12.1 Å². The smallest absolute Gasteiger partial charge is 0.0470 e. The third-order valence-corrected chi connectivity index (χ3v) is 4.16. The summed E-state index contributed by atoms with van der Waals surface area (Å²) in [5, 5.41) is 3.69. The van der Waals surface area contributed by atoms with E-state index in [9.17, 15) is 0 Å². The van der Waals surface area contributed by atoms with E-state index in [2.05, 4.69) is 53.5 Å². The lowest BCUT2D eigenvalue weighted by Gasteiger charge is -2.40. The molecule has 0 saturated carbocycles. The van der Waals surface area contributed by atoms with E-state index in [1.165, 1.54) is 37.3 Å². The van der Waals surface area contributed by atoms with Crippen molar-refractivity contribution < 1.29 is 0 Å². The first-order valence-electron chi connectivity index (χ1n) is 6.47. The molecule has 1 fully saturated rings. The van der Waals surface area contributed by atoms with Crippen molar-refractivity contribution in [2.45, 2.75) is 18.5 Å². The van der Waals surface area contributed by atoms with Gasteiger partial charge in [-0.25, -0.2) is 0 Å². The number of rotatable bonds is 1. The van der Waals surface area contributed by atoms with Crippen LogP contribution in [0.3, 0.4) is 0 Å². The van der Waals surface area contributed by atoms with Gasteiger partial charge in [-0.15, -0.1) is 0 Å². The number of nitrogens with one attached hydrogen (secondary N) is 1. The fourth-order valence-electron chi connectivity index (χ4n) is 3.04. The van der Waals surface area contributed by atoms with Crippen LogP contribution in [0.4, 0.5) is 5.69 Å². The van der Waals surface area contributed by atoms with Crippen molar-refractivity contribution in [2.75, 3.05) is 39.0 Å². The Balaban J connectivity index is 1.75. The summed E-state index contributed by atoms with van der Waals surface area (Å²) < 4.78 is 0. The molecule has 2 unspecified atom stereocenters. The molecular weight excluding hydrogens is 210 g/mol. The summed E-state index contributed by atoms with van der Waals surface area (Å²) in [6.45, 7) is 3.53. The summed E-state index contributed by atoms with van der Waals surface area (Å²) in [4.78, 5) is 4.94. The van der Waals surface area contributed by atoms with E-state index in [4.69, 9.17) is 0 Å². The highest BCUT2D eigenvalue weighted by Crippen LogP contribution is 2.28. The lowest BCUT2D eigenvalue weighted by atomic mass is 10.0. The Labute approximate surface area is 103 Å². The molecule has 0 aliphatic carbocycles. The SMILES string of the molecule is CN1CCN(C)C(C2Cc3ccccc3N2)C1. The van der Waals surface area contributed by atoms with Gasteiger partial charge >= 0.3 is 0 Å². The Morgan fingerprint density at radius 1 is 1.18 bits per heavy atom. The minimum Gasteiger partial charge on any atom is -0.380 e. The summed E-state index contributed by atoms with van der Waals surface area (Å²) in [6.07, 6.45) is 1.17. The molecule has 0 amide bonds. The molecule has 92 valence electrons. The second-order valence-corrected chi connectivity index (χ2v) is 5.42. The van der Waals surface area contributed by atoms with Gasteiger partial charge in [0.25, 0.3) is 0 Å². The third-order valence-electron chi connectivity index (χ3n) is 4.16. The molecule has 0 radical (unpaired) electrons. The van der Waals surface area contributed by atoms with E-state index in [1.807, 2.05) is 0 Å². The Morgan fingerprint density at radius 2 is 2.00 bits per heavy atom. The van der Waals surface area contributed by atoms with Gasteiger partial charge in [0.2, 0.25) is 0 Å². The third kappa shape index (κ3) is 2.05. The van der Waals surface area contributed by atoms with Gasteiger partial charge in [0, 0.05) is 37.4 Å². The number of benzene rings is 1. The van der Waals surface area contributed by atoms with Crippen molar-refractivity contribution in [3.63, 3.8) is 0 Å². The fourth-order valence-corrected chi connectivity index (χ4v) is 3.04. The van der Waals surface area contributed by atoms with Crippen LogP contribution in [0.25, 0.3) is 0 Å². The van der Waals surface area contributed by atoms with Gasteiger partial charge < -0.3 is 10.2 Å². The molecular formula is C14H21N3. The molecule has 1 N–H and O–H groups in total. The number of nitrogens with zero attached hydrogens (tertiary/aromatic N) is 2. The van der Waals surface area contributed by atoms with Gasteiger partial charge in [-0.3, -0.25) is 4.90 Å². The molecule has 1 aromatic rings. The molecule has 1 saturated heterocycles. The summed E-state index contributed by atoms with van der Waals surface area (Å²) in [7, 11) is 4.48. The minimum atomic E-state index is 0.570. The Hall–Kier alpha value is -1.06. The van der Waals surface area contributed by atoms with Gasteiger partial charge in [0.1, 0.15) is 0 Å². The summed E-state index contributed by atoms with van der Waals surface area (Å²) >= 11 is 0. The van der Waals surface area contributed by atoms with Crippen LogP contribution in [0.1, 0.15) is 5.56 Å². The van der Waals surface area contributed by atoms with Gasteiger partial charge in [-0.2, -0.15) is 0 Å². The molecule has 0 spiro atoms. The van der Waals surface area contributed by atoms with Crippen molar-refractivity contribution in [1.29, 1.82) is 0 Å². The monoisotopic (exact) mass is 231 g/mol. The van der Waals surface area contributed by atoms with Gasteiger partial charge in [0.05, 0.1) is 0 Å². The lowest BCUT2D eigenvalue weighted by molar-refractivity contribution is 0.103. The summed E-state index contributed by atoms with van der Waals surface area (Å²) in [5.74, 6) is 0. The van der Waals surface area contributed by atoms with Crippen LogP contribution in [0.5, 0.6) is 0 Å². The highest BCUT2D eigenvalue weighted by atomic mass is 15.3. The van der Waals surface area contributed by atoms with Crippen molar-refractivity contribution in [3.05, 3.63) is 29.8 Å². The first-order chi connectivity index (χ1) is 8.24. The summed E-state index contributed by atoms with van der Waals surface area (Å²) in [6, 6.07) is 9.89. The number of piperazine rings is 1. The number of fused-ring (bicyclic) bond motifs is 1. The van der Waals surface area contributed by atoms with Gasteiger partial charge in [-0.05, 0) is 32.1 Å². The van der Waals surface area contributed by atoms with Gasteiger partial charge in [-0.1, -0.05) is 18.2 Å². The highest BCUT2D eigenvalue weighted by molar-refractivity contribution is 5.57. The topological polar surface area (TPSA) is 18.5 Å². The number of likely N-dealkylation sites (N-methyl/N-ethyl adjacent to an activating group) is 2. The second kappa shape index (κ2) is 4.31. The number of anilines is 1. The van der Waals surface area contributed by atoms with E-state index in [0.717, 1.165) is 0 Å². The molecule has 3 heteroatoms. The van der Waals surface area contributed by atoms with Crippen molar-refractivity contribution >= 4 is 5.69 Å². The molecule has 3 rings (SSSR count). The fraction of sp³-hybridized carbons (Fsp3) is 0.571. The van der Waals surface area contributed by atoms with E-state index in [-0.39, 0.29) is 0 Å². The van der Waals surface area contributed by atoms with Crippen LogP contribution in [-0.2, 0) is 6.42 Å². The molecule has 0 aromatic heterocycles. The van der Waals surface area contributed by atoms with E-state index >= 15 is 0 Å². The molecule has 1 aromatic carbocycles. The van der Waals surface area contributed by atoms with E-state index in [1.54, 1.807) is 0 Å². The maximum atomic E-state index is 3.69. The van der Waals surface area contributed by atoms with Crippen LogP contribution in [0.15, 0.2) is 24.3 Å². The molecule has 17 heavy (non-hydrogen) atoms. The Morgan fingerprint density at radius 3 is 2.82 bits per heavy atom. The lowest BCUT2D eigenvalue weighted by Crippen LogP contribution is -2.56. The number of hydrogen-bond donors (Lipinski definition) is 1. The number of para-hydroxylation sites is 1. The van der Waals surface area contributed by atoms with Crippen LogP contribution in [0, 0.1) is 0 Å². The Bertz CT molecular complexity index is 379. The molecule has 2 aliphatic rings. The average Bonchev–Trinajstić information content (AvgIpc) is 2.75. The first kappa shape index (κ1) is 11.1. The normalized spacial score (nSPS) is 30.0. The standard InChI is InChI=1S/C14H21N3/c1-16-7-8-17(2)14(10-16)13-9-11-5-3-4-6-12(11)15-13/h3-6,13-15H,7-10H2,1-2H3. The zero-order valence-corrected chi connectivity index (χ0v) is 10.7. The summed E-state index contributed by atoms with van der Waals surface area (Å²) in [5.41, 5.74) is 2.80. The average molecular weight is 231 g/mol. The van der Waals surface area contributed by atoms with Crippen LogP contribution < -0.4 is 5.32 Å². The van der Waals surface area contributed by atoms with Crippen LogP contribution >= 0.6 is 0 Å². The minimum absolute atomic E-state index is 0.570. The zero-order chi connectivity index (χ0) is 11.8. The van der Waals surface area contributed by atoms with Crippen LogP contribution in [-0.4, -0.2) is 55.6 Å². The Kier molecular flexibility index (Phi) is 2.81. The second-order valence-electron chi connectivity index (χ2n) is 5.42. The molecule has 3 nitrogen and oxygen atoms in total. The van der Waals surface area contributed by atoms with Crippen molar-refractivity contribution in [1.82, 2.24) is 9.80 Å². The zero-order valence-electron chi connectivity index (χ0n) is 10.7.